The van der Waals surface area contributed by atoms with Crippen LogP contribution in [-0.2, 0) is 28.6 Å². The van der Waals surface area contributed by atoms with Gasteiger partial charge < -0.3 is 14.2 Å². The summed E-state index contributed by atoms with van der Waals surface area (Å²) in [5, 5.41) is 0. The first-order valence-electron chi connectivity index (χ1n) is 21.3. The zero-order chi connectivity index (χ0) is 36.2. The zero-order valence-electron chi connectivity index (χ0n) is 33.3. The van der Waals surface area contributed by atoms with E-state index in [4.69, 9.17) is 14.2 Å². The highest BCUT2D eigenvalue weighted by atomic mass is 16.6. The number of rotatable bonds is 37. The van der Waals surface area contributed by atoms with E-state index in [9.17, 15) is 14.4 Å². The van der Waals surface area contributed by atoms with E-state index in [2.05, 4.69) is 34.6 Å². The number of carbonyl (C=O) groups is 3. The Morgan fingerprint density at radius 1 is 0.429 bits per heavy atom. The van der Waals surface area contributed by atoms with E-state index >= 15 is 0 Å². The average Bonchev–Trinajstić information content (AvgIpc) is 3.08. The molecule has 0 aromatic heterocycles. The molecule has 6 heteroatoms. The minimum atomic E-state index is -0.760. The van der Waals surface area contributed by atoms with Gasteiger partial charge in [0.15, 0.2) is 6.10 Å². The highest BCUT2D eigenvalue weighted by Crippen LogP contribution is 2.16. The van der Waals surface area contributed by atoms with Gasteiger partial charge in [-0.1, -0.05) is 189 Å². The van der Waals surface area contributed by atoms with Gasteiger partial charge in [-0.25, -0.2) is 0 Å². The zero-order valence-corrected chi connectivity index (χ0v) is 33.3. The summed E-state index contributed by atoms with van der Waals surface area (Å²) in [6.45, 7) is 11.2. The number of carbonyl (C=O) groups excluding carboxylic acids is 3. The maximum Gasteiger partial charge on any atom is 0.306 e. The molecule has 290 valence electrons. The van der Waals surface area contributed by atoms with E-state index in [-0.39, 0.29) is 31.1 Å². The van der Waals surface area contributed by atoms with Crippen LogP contribution in [0.1, 0.15) is 227 Å². The van der Waals surface area contributed by atoms with Gasteiger partial charge in [-0.05, 0) is 31.1 Å². The summed E-state index contributed by atoms with van der Waals surface area (Å²) in [5.74, 6) is 0.728. The van der Waals surface area contributed by atoms with Crippen molar-refractivity contribution in [2.24, 2.45) is 11.8 Å². The second-order valence-corrected chi connectivity index (χ2v) is 15.3. The van der Waals surface area contributed by atoms with Crippen LogP contribution in [0.4, 0.5) is 0 Å². The van der Waals surface area contributed by atoms with Crippen molar-refractivity contribution in [3.8, 4) is 0 Å². The van der Waals surface area contributed by atoms with Gasteiger partial charge in [0.2, 0.25) is 0 Å². The van der Waals surface area contributed by atoms with Gasteiger partial charge in [-0.2, -0.15) is 0 Å². The van der Waals surface area contributed by atoms with E-state index < -0.39 is 6.10 Å². The van der Waals surface area contributed by atoms with Gasteiger partial charge in [0.25, 0.3) is 0 Å². The molecule has 0 aromatic carbocycles. The first-order chi connectivity index (χ1) is 23.8. The molecular weight excluding hydrogens is 612 g/mol. The molecule has 0 aliphatic carbocycles. The summed E-state index contributed by atoms with van der Waals surface area (Å²) < 4.78 is 16.6. The summed E-state index contributed by atoms with van der Waals surface area (Å²) in [6, 6.07) is 0. The van der Waals surface area contributed by atoms with Crippen molar-refractivity contribution >= 4 is 17.9 Å². The lowest BCUT2D eigenvalue weighted by atomic mass is 10.00. The van der Waals surface area contributed by atoms with Crippen molar-refractivity contribution in [2.75, 3.05) is 13.2 Å². The highest BCUT2D eigenvalue weighted by molar-refractivity contribution is 5.71. The van der Waals surface area contributed by atoms with Crippen LogP contribution < -0.4 is 0 Å². The molecule has 0 bridgehead atoms. The minimum absolute atomic E-state index is 0.0669. The Bertz CT molecular complexity index is 751. The second kappa shape index (κ2) is 36.2. The summed E-state index contributed by atoms with van der Waals surface area (Å²) in [6.07, 6.45) is 32.4. The van der Waals surface area contributed by atoms with Crippen molar-refractivity contribution in [1.29, 1.82) is 0 Å². The fraction of sp³-hybridized carbons (Fsp3) is 0.930. The lowest BCUT2D eigenvalue weighted by Gasteiger charge is -2.18. The van der Waals surface area contributed by atoms with Gasteiger partial charge in [0, 0.05) is 19.3 Å². The molecule has 0 saturated heterocycles. The van der Waals surface area contributed by atoms with Crippen LogP contribution in [0, 0.1) is 11.8 Å². The molecule has 0 aliphatic heterocycles. The largest absolute Gasteiger partial charge is 0.462 e. The fourth-order valence-corrected chi connectivity index (χ4v) is 6.19. The maximum atomic E-state index is 12.6. The molecular formula is C43H82O6. The number of hydrogen-bond acceptors (Lipinski definition) is 6. The van der Waals surface area contributed by atoms with Gasteiger partial charge in [-0.15, -0.1) is 0 Å². The Morgan fingerprint density at radius 2 is 0.776 bits per heavy atom. The van der Waals surface area contributed by atoms with Crippen molar-refractivity contribution in [3.05, 3.63) is 0 Å². The monoisotopic (exact) mass is 695 g/mol. The van der Waals surface area contributed by atoms with E-state index in [0.717, 1.165) is 69.6 Å². The van der Waals surface area contributed by atoms with Gasteiger partial charge in [-0.3, -0.25) is 14.4 Å². The van der Waals surface area contributed by atoms with Crippen LogP contribution in [0.2, 0.25) is 0 Å². The summed E-state index contributed by atoms with van der Waals surface area (Å²) in [5.41, 5.74) is 0. The molecule has 0 N–H and O–H groups in total. The SMILES string of the molecule is CCCCCCCCCCCCCC(=O)O[C@H](COC(=O)CCCCCCCCCC(C)C)COC(=O)CCCCCCCCC(C)CC. The van der Waals surface area contributed by atoms with E-state index in [0.29, 0.717) is 19.3 Å². The number of ether oxygens (including phenoxy) is 3. The van der Waals surface area contributed by atoms with Crippen LogP contribution in [0.25, 0.3) is 0 Å². The molecule has 1 unspecified atom stereocenters. The van der Waals surface area contributed by atoms with Crippen LogP contribution in [0.3, 0.4) is 0 Å². The minimum Gasteiger partial charge on any atom is -0.462 e. The molecule has 0 heterocycles. The summed E-state index contributed by atoms with van der Waals surface area (Å²) in [4.78, 5) is 37.5. The lowest BCUT2D eigenvalue weighted by molar-refractivity contribution is -0.167. The molecule has 0 rings (SSSR count). The summed E-state index contributed by atoms with van der Waals surface area (Å²) in [7, 11) is 0. The number of unbranched alkanes of at least 4 members (excludes halogenated alkanes) is 21. The van der Waals surface area contributed by atoms with Gasteiger partial charge in [0.1, 0.15) is 13.2 Å². The fourth-order valence-electron chi connectivity index (χ4n) is 6.19. The van der Waals surface area contributed by atoms with Gasteiger partial charge in [0.05, 0.1) is 0 Å². The maximum absolute atomic E-state index is 12.6. The predicted octanol–water partition coefficient (Wildman–Crippen LogP) is 13.0. The van der Waals surface area contributed by atoms with Crippen molar-refractivity contribution in [1.82, 2.24) is 0 Å². The van der Waals surface area contributed by atoms with Crippen LogP contribution in [0.5, 0.6) is 0 Å². The van der Waals surface area contributed by atoms with E-state index in [1.807, 2.05) is 0 Å². The standard InChI is InChI=1S/C43H82O6/c1-6-8-9-10-11-12-13-14-17-25-30-35-43(46)49-40(36-47-41(44)33-28-23-18-15-16-21-26-31-38(3)4)37-48-42(45)34-29-24-20-19-22-27-32-39(5)7-2/h38-40H,6-37H2,1-5H3/t39?,40-/m1/s1. The van der Waals surface area contributed by atoms with E-state index in [1.54, 1.807) is 0 Å². The van der Waals surface area contributed by atoms with Crippen molar-refractivity contribution in [2.45, 2.75) is 233 Å². The smallest absolute Gasteiger partial charge is 0.306 e. The van der Waals surface area contributed by atoms with E-state index in [1.165, 1.54) is 116 Å². The molecule has 0 radical (unpaired) electrons. The molecule has 49 heavy (non-hydrogen) atoms. The van der Waals surface area contributed by atoms with Gasteiger partial charge >= 0.3 is 17.9 Å². The quantitative estimate of drug-likeness (QED) is 0.0366. The third kappa shape index (κ3) is 36.0. The van der Waals surface area contributed by atoms with Crippen molar-refractivity contribution < 1.29 is 28.6 Å². The Hall–Kier alpha value is -1.59. The molecule has 6 nitrogen and oxygen atoms in total. The Balaban J connectivity index is 4.37. The highest BCUT2D eigenvalue weighted by Gasteiger charge is 2.19. The average molecular weight is 695 g/mol. The van der Waals surface area contributed by atoms with Crippen LogP contribution in [-0.4, -0.2) is 37.2 Å². The Labute approximate surface area is 304 Å². The van der Waals surface area contributed by atoms with Crippen molar-refractivity contribution in [3.63, 3.8) is 0 Å². The van der Waals surface area contributed by atoms with Crippen LogP contribution >= 0.6 is 0 Å². The molecule has 0 spiro atoms. The topological polar surface area (TPSA) is 78.9 Å². The Kier molecular flexibility index (Phi) is 35.0. The first-order valence-corrected chi connectivity index (χ1v) is 21.3. The molecule has 0 saturated carbocycles. The molecule has 0 amide bonds. The molecule has 2 atom stereocenters. The molecule has 0 aliphatic rings. The third-order valence-corrected chi connectivity index (χ3v) is 9.83. The first kappa shape index (κ1) is 47.4. The third-order valence-electron chi connectivity index (χ3n) is 9.83. The number of esters is 3. The van der Waals surface area contributed by atoms with Crippen LogP contribution in [0.15, 0.2) is 0 Å². The Morgan fingerprint density at radius 3 is 1.16 bits per heavy atom. The summed E-state index contributed by atoms with van der Waals surface area (Å²) >= 11 is 0. The molecule has 0 aromatic rings. The molecule has 0 fully saturated rings. The predicted molar refractivity (Wildman–Crippen MR) is 206 cm³/mol. The second-order valence-electron chi connectivity index (χ2n) is 15.3. The lowest BCUT2D eigenvalue weighted by Crippen LogP contribution is -2.30. The number of hydrogen-bond donors (Lipinski definition) is 0. The normalized spacial score (nSPS) is 12.6.